The number of carbonyl (C=O) groups is 2. The largest absolute Gasteiger partial charge is 0.355 e. The third kappa shape index (κ3) is 4.60. The molecule has 0 bridgehead atoms. The second kappa shape index (κ2) is 8.00. The molecule has 5 heteroatoms. The van der Waals surface area contributed by atoms with Crippen molar-refractivity contribution in [2.45, 2.75) is 57.2 Å². The van der Waals surface area contributed by atoms with Gasteiger partial charge in [0.05, 0.1) is 6.54 Å². The number of nitrogens with one attached hydrogen (secondary N) is 1. The lowest BCUT2D eigenvalue weighted by molar-refractivity contribution is -0.135. The summed E-state index contributed by atoms with van der Waals surface area (Å²) in [7, 11) is 3.62. The molecule has 1 N–H and O–H groups in total. The average Bonchev–Trinajstić information content (AvgIpc) is 3.28. The maximum Gasteiger partial charge on any atom is 0.251 e. The van der Waals surface area contributed by atoms with Gasteiger partial charge in [0.1, 0.15) is 0 Å². The van der Waals surface area contributed by atoms with Crippen LogP contribution in [0.15, 0.2) is 24.3 Å². The normalized spacial score (nSPS) is 17.7. The van der Waals surface area contributed by atoms with Crippen LogP contribution in [0.25, 0.3) is 0 Å². The Morgan fingerprint density at radius 2 is 1.64 bits per heavy atom. The fourth-order valence-corrected chi connectivity index (χ4v) is 3.83. The first kappa shape index (κ1) is 17.9. The van der Waals surface area contributed by atoms with Crippen molar-refractivity contribution in [2.75, 3.05) is 20.6 Å². The van der Waals surface area contributed by atoms with Crippen molar-refractivity contribution < 1.29 is 9.59 Å². The monoisotopic (exact) mass is 343 g/mol. The SMILES string of the molecule is CNC(=O)c1ccc(CN(C)CC(=O)N(C2CCCC2)C2CC2)cc1. The molecule has 2 aliphatic rings. The van der Waals surface area contributed by atoms with Crippen LogP contribution in [0.3, 0.4) is 0 Å². The molecule has 0 radical (unpaired) electrons. The van der Waals surface area contributed by atoms with E-state index in [1.165, 1.54) is 38.5 Å². The molecule has 5 nitrogen and oxygen atoms in total. The lowest BCUT2D eigenvalue weighted by Crippen LogP contribution is -2.45. The maximum absolute atomic E-state index is 12.8. The molecule has 1 aromatic rings. The van der Waals surface area contributed by atoms with Crippen molar-refractivity contribution in [3.05, 3.63) is 35.4 Å². The highest BCUT2D eigenvalue weighted by Crippen LogP contribution is 2.34. The molecule has 0 atom stereocenters. The van der Waals surface area contributed by atoms with Crippen molar-refractivity contribution in [1.29, 1.82) is 0 Å². The molecule has 0 heterocycles. The van der Waals surface area contributed by atoms with Gasteiger partial charge in [-0.15, -0.1) is 0 Å². The topological polar surface area (TPSA) is 52.7 Å². The van der Waals surface area contributed by atoms with E-state index < -0.39 is 0 Å². The summed E-state index contributed by atoms with van der Waals surface area (Å²) in [6, 6.07) is 8.55. The Balaban J connectivity index is 1.55. The smallest absolute Gasteiger partial charge is 0.251 e. The van der Waals surface area contributed by atoms with Crippen LogP contribution in [0.5, 0.6) is 0 Å². The molecular formula is C20H29N3O2. The molecule has 2 saturated carbocycles. The van der Waals surface area contributed by atoms with E-state index in [0.717, 1.165) is 5.56 Å². The predicted octanol–water partition coefficient (Wildman–Crippen LogP) is 2.41. The van der Waals surface area contributed by atoms with E-state index in [1.54, 1.807) is 7.05 Å². The van der Waals surface area contributed by atoms with Crippen molar-refractivity contribution in [1.82, 2.24) is 15.1 Å². The first-order valence-corrected chi connectivity index (χ1v) is 9.39. The number of benzene rings is 1. The van der Waals surface area contributed by atoms with E-state index in [-0.39, 0.29) is 11.8 Å². The average molecular weight is 343 g/mol. The first-order valence-electron chi connectivity index (χ1n) is 9.39. The summed E-state index contributed by atoms with van der Waals surface area (Å²) in [6.07, 6.45) is 7.21. The van der Waals surface area contributed by atoms with Crippen molar-refractivity contribution in [2.24, 2.45) is 0 Å². The summed E-state index contributed by atoms with van der Waals surface area (Å²) < 4.78 is 0. The molecule has 3 rings (SSSR count). The lowest BCUT2D eigenvalue weighted by Gasteiger charge is -2.31. The van der Waals surface area contributed by atoms with Crippen molar-refractivity contribution >= 4 is 11.8 Å². The van der Waals surface area contributed by atoms with Crippen molar-refractivity contribution in [3.63, 3.8) is 0 Å². The van der Waals surface area contributed by atoms with Crippen LogP contribution in [0, 0.1) is 0 Å². The summed E-state index contributed by atoms with van der Waals surface area (Å²) in [5.41, 5.74) is 1.77. The summed E-state index contributed by atoms with van der Waals surface area (Å²) in [5, 5.41) is 2.62. The minimum absolute atomic E-state index is 0.0771. The van der Waals surface area contributed by atoms with Gasteiger partial charge < -0.3 is 10.2 Å². The summed E-state index contributed by atoms with van der Waals surface area (Å²) in [4.78, 5) is 28.7. The van der Waals surface area contributed by atoms with Crippen LogP contribution in [0.2, 0.25) is 0 Å². The number of likely N-dealkylation sites (N-methyl/N-ethyl adjacent to an activating group) is 1. The molecule has 136 valence electrons. The predicted molar refractivity (Wildman–Crippen MR) is 98.3 cm³/mol. The molecule has 25 heavy (non-hydrogen) atoms. The Bertz CT molecular complexity index is 604. The number of carbonyl (C=O) groups excluding carboxylic acids is 2. The Hall–Kier alpha value is -1.88. The van der Waals surface area contributed by atoms with E-state index in [9.17, 15) is 9.59 Å². The number of nitrogens with zero attached hydrogens (tertiary/aromatic N) is 2. The quantitative estimate of drug-likeness (QED) is 0.827. The molecule has 0 unspecified atom stereocenters. The fourth-order valence-electron chi connectivity index (χ4n) is 3.83. The van der Waals surface area contributed by atoms with Crippen LogP contribution < -0.4 is 5.32 Å². The summed E-state index contributed by atoms with van der Waals surface area (Å²) in [5.74, 6) is 0.200. The Kier molecular flexibility index (Phi) is 5.74. The highest BCUT2D eigenvalue weighted by Gasteiger charge is 2.38. The van der Waals surface area contributed by atoms with Gasteiger partial charge in [-0.3, -0.25) is 14.5 Å². The molecule has 2 amide bonds. The third-order valence-corrected chi connectivity index (χ3v) is 5.25. The van der Waals surface area contributed by atoms with Crippen molar-refractivity contribution in [3.8, 4) is 0 Å². The first-order chi connectivity index (χ1) is 12.1. The van der Waals surface area contributed by atoms with Gasteiger partial charge in [0, 0.05) is 31.2 Å². The molecule has 0 saturated heterocycles. The number of rotatable bonds is 7. The number of hydrogen-bond donors (Lipinski definition) is 1. The van der Waals surface area contributed by atoms with Crippen LogP contribution in [0.4, 0.5) is 0 Å². The second-order valence-corrected chi connectivity index (χ2v) is 7.42. The minimum atomic E-state index is -0.0771. The molecule has 0 aliphatic heterocycles. The zero-order chi connectivity index (χ0) is 17.8. The standard InChI is InChI=1S/C20H29N3O2/c1-21-20(25)16-9-7-15(8-10-16)13-22(2)14-19(24)23(18-11-12-18)17-5-3-4-6-17/h7-10,17-18H,3-6,11-14H2,1-2H3,(H,21,25). The Morgan fingerprint density at radius 1 is 1.04 bits per heavy atom. The van der Waals surface area contributed by atoms with Crippen LogP contribution in [-0.2, 0) is 11.3 Å². The van der Waals surface area contributed by atoms with Crippen LogP contribution in [-0.4, -0.2) is 54.3 Å². The van der Waals surface area contributed by atoms with E-state index in [2.05, 4.69) is 15.1 Å². The Labute approximate surface area is 150 Å². The molecular weight excluding hydrogens is 314 g/mol. The van der Waals surface area contributed by atoms with Gasteiger partial charge in [0.25, 0.3) is 5.91 Å². The summed E-state index contributed by atoms with van der Waals surface area (Å²) >= 11 is 0. The van der Waals surface area contributed by atoms with E-state index in [4.69, 9.17) is 0 Å². The van der Waals surface area contributed by atoms with Crippen LogP contribution in [0.1, 0.15) is 54.4 Å². The molecule has 2 fully saturated rings. The van der Waals surface area contributed by atoms with Gasteiger partial charge >= 0.3 is 0 Å². The second-order valence-electron chi connectivity index (χ2n) is 7.42. The molecule has 1 aromatic carbocycles. The Morgan fingerprint density at radius 3 is 2.20 bits per heavy atom. The van der Waals surface area contributed by atoms with Gasteiger partial charge in [0.15, 0.2) is 0 Å². The molecule has 0 aromatic heterocycles. The zero-order valence-corrected chi connectivity index (χ0v) is 15.3. The number of hydrogen-bond acceptors (Lipinski definition) is 3. The highest BCUT2D eigenvalue weighted by molar-refractivity contribution is 5.93. The minimum Gasteiger partial charge on any atom is -0.355 e. The third-order valence-electron chi connectivity index (χ3n) is 5.25. The van der Waals surface area contributed by atoms with Gasteiger partial charge in [-0.2, -0.15) is 0 Å². The fraction of sp³-hybridized carbons (Fsp3) is 0.600. The number of amides is 2. The van der Waals surface area contributed by atoms with Crippen LogP contribution >= 0.6 is 0 Å². The van der Waals surface area contributed by atoms with Gasteiger partial charge in [-0.25, -0.2) is 0 Å². The summed E-state index contributed by atoms with van der Waals surface area (Å²) in [6.45, 7) is 1.17. The maximum atomic E-state index is 12.8. The molecule has 2 aliphatic carbocycles. The highest BCUT2D eigenvalue weighted by atomic mass is 16.2. The zero-order valence-electron chi connectivity index (χ0n) is 15.3. The lowest BCUT2D eigenvalue weighted by atomic mass is 10.1. The van der Waals surface area contributed by atoms with E-state index >= 15 is 0 Å². The van der Waals surface area contributed by atoms with Gasteiger partial charge in [-0.05, 0) is 50.4 Å². The van der Waals surface area contributed by atoms with Gasteiger partial charge in [0.2, 0.25) is 5.91 Å². The van der Waals surface area contributed by atoms with E-state index in [0.29, 0.717) is 30.7 Å². The van der Waals surface area contributed by atoms with E-state index in [1.807, 2.05) is 31.3 Å². The molecule has 0 spiro atoms. The van der Waals surface area contributed by atoms with Gasteiger partial charge in [-0.1, -0.05) is 25.0 Å².